The molecule has 0 amide bonds. The number of aliphatic hydroxyl groups excluding tert-OH is 1. The van der Waals surface area contributed by atoms with E-state index in [0.717, 1.165) is 37.2 Å². The molecule has 1 unspecified atom stereocenters. The van der Waals surface area contributed by atoms with Crippen LogP contribution in [0.1, 0.15) is 39.2 Å². The molecule has 0 aliphatic carbocycles. The Labute approximate surface area is 127 Å². The van der Waals surface area contributed by atoms with E-state index in [1.54, 1.807) is 6.07 Å². The molecule has 2 rings (SSSR count). The molecule has 0 bridgehead atoms. The smallest absolute Gasteiger partial charge is 0.146 e. The first kappa shape index (κ1) is 16.2. The standard InChI is InChI=1S/C17H27FN2O/c1-12(2)19-11-15-5-4-6-16(18)17(15)20-9-7-14(8-10-20)13(3)21/h4-6,12-14,19,21H,7-11H2,1-3H3. The second-order valence-electron chi connectivity index (χ2n) is 6.35. The molecule has 118 valence electrons. The Morgan fingerprint density at radius 1 is 1.29 bits per heavy atom. The molecular formula is C17H27FN2O. The summed E-state index contributed by atoms with van der Waals surface area (Å²) in [5.41, 5.74) is 1.74. The summed E-state index contributed by atoms with van der Waals surface area (Å²) in [4.78, 5) is 2.13. The highest BCUT2D eigenvalue weighted by Crippen LogP contribution is 2.30. The molecular weight excluding hydrogens is 267 g/mol. The Bertz CT molecular complexity index is 454. The van der Waals surface area contributed by atoms with Gasteiger partial charge in [0.15, 0.2) is 0 Å². The van der Waals surface area contributed by atoms with Crippen LogP contribution in [0.25, 0.3) is 0 Å². The lowest BCUT2D eigenvalue weighted by atomic mass is 9.91. The number of nitrogens with one attached hydrogen (secondary N) is 1. The Kier molecular flexibility index (Phi) is 5.59. The van der Waals surface area contributed by atoms with E-state index in [0.29, 0.717) is 18.5 Å². The van der Waals surface area contributed by atoms with E-state index in [1.807, 2.05) is 13.0 Å². The highest BCUT2D eigenvalue weighted by atomic mass is 19.1. The van der Waals surface area contributed by atoms with Crippen LogP contribution >= 0.6 is 0 Å². The number of aliphatic hydroxyl groups is 1. The quantitative estimate of drug-likeness (QED) is 0.876. The van der Waals surface area contributed by atoms with Gasteiger partial charge in [0.25, 0.3) is 0 Å². The van der Waals surface area contributed by atoms with Crippen LogP contribution in [0.5, 0.6) is 0 Å². The summed E-state index contributed by atoms with van der Waals surface area (Å²) in [6.45, 7) is 8.33. The maximum absolute atomic E-state index is 14.3. The van der Waals surface area contributed by atoms with Gasteiger partial charge in [0.2, 0.25) is 0 Å². The van der Waals surface area contributed by atoms with Crippen molar-refractivity contribution in [3.8, 4) is 0 Å². The number of halogens is 1. The van der Waals surface area contributed by atoms with Crippen molar-refractivity contribution in [3.63, 3.8) is 0 Å². The minimum Gasteiger partial charge on any atom is -0.393 e. The number of piperidine rings is 1. The van der Waals surface area contributed by atoms with E-state index in [1.165, 1.54) is 6.07 Å². The summed E-state index contributed by atoms with van der Waals surface area (Å²) in [5.74, 6) is 0.193. The SMILES string of the molecule is CC(C)NCc1cccc(F)c1N1CCC(C(C)O)CC1. The zero-order valence-electron chi connectivity index (χ0n) is 13.3. The van der Waals surface area contributed by atoms with E-state index in [-0.39, 0.29) is 11.9 Å². The minimum absolute atomic E-state index is 0.145. The van der Waals surface area contributed by atoms with E-state index < -0.39 is 0 Å². The molecule has 1 aromatic carbocycles. The van der Waals surface area contributed by atoms with E-state index in [2.05, 4.69) is 24.1 Å². The van der Waals surface area contributed by atoms with Crippen molar-refractivity contribution in [1.82, 2.24) is 5.32 Å². The topological polar surface area (TPSA) is 35.5 Å². The molecule has 0 spiro atoms. The van der Waals surface area contributed by atoms with Crippen molar-refractivity contribution < 1.29 is 9.50 Å². The fourth-order valence-corrected chi connectivity index (χ4v) is 2.98. The van der Waals surface area contributed by atoms with Gasteiger partial charge in [-0.3, -0.25) is 0 Å². The van der Waals surface area contributed by atoms with Gasteiger partial charge in [0.1, 0.15) is 5.82 Å². The summed E-state index contributed by atoms with van der Waals surface area (Å²) in [6.07, 6.45) is 1.57. The summed E-state index contributed by atoms with van der Waals surface area (Å²) in [6, 6.07) is 5.68. The van der Waals surface area contributed by atoms with E-state index in [9.17, 15) is 9.50 Å². The molecule has 0 aromatic heterocycles. The lowest BCUT2D eigenvalue weighted by Gasteiger charge is -2.36. The van der Waals surface area contributed by atoms with Gasteiger partial charge < -0.3 is 15.3 Å². The maximum Gasteiger partial charge on any atom is 0.146 e. The Hall–Kier alpha value is -1.13. The summed E-state index contributed by atoms with van der Waals surface area (Å²) in [5, 5.41) is 13.0. The molecule has 1 fully saturated rings. The number of anilines is 1. The third-order valence-corrected chi connectivity index (χ3v) is 4.31. The van der Waals surface area contributed by atoms with Gasteiger partial charge in [-0.2, -0.15) is 0 Å². The van der Waals surface area contributed by atoms with E-state index >= 15 is 0 Å². The number of hydrogen-bond donors (Lipinski definition) is 2. The van der Waals surface area contributed by atoms with Gasteiger partial charge in [0, 0.05) is 25.7 Å². The fraction of sp³-hybridized carbons (Fsp3) is 0.647. The zero-order chi connectivity index (χ0) is 15.4. The van der Waals surface area contributed by atoms with Gasteiger partial charge in [-0.05, 0) is 37.3 Å². The molecule has 1 heterocycles. The van der Waals surface area contributed by atoms with Crippen molar-refractivity contribution in [1.29, 1.82) is 0 Å². The van der Waals surface area contributed by atoms with Crippen molar-refractivity contribution in [2.24, 2.45) is 5.92 Å². The second kappa shape index (κ2) is 7.23. The van der Waals surface area contributed by atoms with Gasteiger partial charge in [0.05, 0.1) is 11.8 Å². The fourth-order valence-electron chi connectivity index (χ4n) is 2.98. The first-order chi connectivity index (χ1) is 9.99. The maximum atomic E-state index is 14.3. The molecule has 21 heavy (non-hydrogen) atoms. The van der Waals surface area contributed by atoms with Crippen LogP contribution in [0, 0.1) is 11.7 Å². The van der Waals surface area contributed by atoms with Crippen LogP contribution < -0.4 is 10.2 Å². The van der Waals surface area contributed by atoms with Crippen LogP contribution in [0.2, 0.25) is 0 Å². The second-order valence-corrected chi connectivity index (χ2v) is 6.35. The van der Waals surface area contributed by atoms with Crippen molar-refractivity contribution >= 4 is 5.69 Å². The Morgan fingerprint density at radius 2 is 1.95 bits per heavy atom. The van der Waals surface area contributed by atoms with Gasteiger partial charge >= 0.3 is 0 Å². The number of rotatable bonds is 5. The number of benzene rings is 1. The molecule has 1 aromatic rings. The average Bonchev–Trinajstić information content (AvgIpc) is 2.45. The lowest BCUT2D eigenvalue weighted by Crippen LogP contribution is -2.38. The van der Waals surface area contributed by atoms with Gasteiger partial charge in [-0.15, -0.1) is 0 Å². The van der Waals surface area contributed by atoms with Crippen molar-refractivity contribution in [3.05, 3.63) is 29.6 Å². The van der Waals surface area contributed by atoms with Gasteiger partial charge in [-0.1, -0.05) is 26.0 Å². The number of nitrogens with zero attached hydrogens (tertiary/aromatic N) is 1. The Morgan fingerprint density at radius 3 is 2.52 bits per heavy atom. The minimum atomic E-state index is -0.269. The average molecular weight is 294 g/mol. The molecule has 1 atom stereocenters. The van der Waals surface area contributed by atoms with Crippen LogP contribution in [0.15, 0.2) is 18.2 Å². The van der Waals surface area contributed by atoms with Crippen LogP contribution in [0.4, 0.5) is 10.1 Å². The molecule has 4 heteroatoms. The number of para-hydroxylation sites is 1. The predicted molar refractivity (Wildman–Crippen MR) is 85.0 cm³/mol. The van der Waals surface area contributed by atoms with Crippen molar-refractivity contribution in [2.45, 2.75) is 52.3 Å². The first-order valence-corrected chi connectivity index (χ1v) is 7.92. The third-order valence-electron chi connectivity index (χ3n) is 4.31. The molecule has 3 nitrogen and oxygen atoms in total. The molecule has 0 saturated carbocycles. The molecule has 1 saturated heterocycles. The van der Waals surface area contributed by atoms with Crippen molar-refractivity contribution in [2.75, 3.05) is 18.0 Å². The van der Waals surface area contributed by atoms with Crippen LogP contribution in [-0.2, 0) is 6.54 Å². The summed E-state index contributed by atoms with van der Waals surface area (Å²) in [7, 11) is 0. The zero-order valence-corrected chi connectivity index (χ0v) is 13.3. The first-order valence-electron chi connectivity index (χ1n) is 7.92. The predicted octanol–water partition coefficient (Wildman–Crippen LogP) is 2.92. The highest BCUT2D eigenvalue weighted by Gasteiger charge is 2.25. The van der Waals surface area contributed by atoms with E-state index in [4.69, 9.17) is 0 Å². The lowest BCUT2D eigenvalue weighted by molar-refractivity contribution is 0.110. The summed E-state index contributed by atoms with van der Waals surface area (Å²) >= 11 is 0. The molecule has 2 N–H and O–H groups in total. The third kappa shape index (κ3) is 4.17. The van der Waals surface area contributed by atoms with Crippen LogP contribution in [0.3, 0.4) is 0 Å². The molecule has 1 aliphatic heterocycles. The summed E-state index contributed by atoms with van der Waals surface area (Å²) < 4.78 is 14.3. The largest absolute Gasteiger partial charge is 0.393 e. The normalized spacial score (nSPS) is 18.3. The monoisotopic (exact) mass is 294 g/mol. The Balaban J connectivity index is 2.12. The number of hydrogen-bond acceptors (Lipinski definition) is 3. The van der Waals surface area contributed by atoms with Crippen LogP contribution in [-0.4, -0.2) is 30.3 Å². The molecule has 0 radical (unpaired) electrons. The highest BCUT2D eigenvalue weighted by molar-refractivity contribution is 5.55. The molecule has 1 aliphatic rings. The van der Waals surface area contributed by atoms with Gasteiger partial charge in [-0.25, -0.2) is 4.39 Å².